The maximum absolute atomic E-state index is 12.6. The van der Waals surface area contributed by atoms with Crippen LogP contribution in [0.25, 0.3) is 0 Å². The van der Waals surface area contributed by atoms with E-state index in [2.05, 4.69) is 0 Å². The number of carbonyl (C=O) groups excluding carboxylic acids is 2. The van der Waals surface area contributed by atoms with Gasteiger partial charge in [0.15, 0.2) is 0 Å². The molecule has 1 aliphatic heterocycles. The first-order valence-corrected chi connectivity index (χ1v) is 8.57. The van der Waals surface area contributed by atoms with E-state index in [9.17, 15) is 9.59 Å². The minimum atomic E-state index is -0.464. The van der Waals surface area contributed by atoms with Crippen molar-refractivity contribution < 1.29 is 9.59 Å². The van der Waals surface area contributed by atoms with E-state index in [4.69, 9.17) is 17.3 Å². The van der Waals surface area contributed by atoms with E-state index in [0.29, 0.717) is 36.8 Å². The van der Waals surface area contributed by atoms with Crippen LogP contribution in [-0.2, 0) is 4.79 Å². The van der Waals surface area contributed by atoms with E-state index in [-0.39, 0.29) is 11.8 Å². The van der Waals surface area contributed by atoms with Gasteiger partial charge < -0.3 is 10.6 Å². The Bertz CT molecular complexity index is 741. The maximum Gasteiger partial charge on any atom is 0.253 e. The van der Waals surface area contributed by atoms with Crippen molar-refractivity contribution in [1.82, 2.24) is 9.80 Å². The number of nitrogens with two attached hydrogens (primary N) is 1. The van der Waals surface area contributed by atoms with Gasteiger partial charge in [-0.2, -0.15) is 0 Å². The normalized spacial score (nSPS) is 16.4. The summed E-state index contributed by atoms with van der Waals surface area (Å²) in [6.07, 6.45) is 0. The molecule has 1 unspecified atom stereocenters. The van der Waals surface area contributed by atoms with Crippen molar-refractivity contribution in [3.05, 3.63) is 70.7 Å². The molecule has 5 nitrogen and oxygen atoms in total. The zero-order valence-electron chi connectivity index (χ0n) is 13.8. The Labute approximate surface area is 152 Å². The summed E-state index contributed by atoms with van der Waals surface area (Å²) in [4.78, 5) is 28.3. The third kappa shape index (κ3) is 4.00. The van der Waals surface area contributed by atoms with Crippen molar-refractivity contribution in [2.75, 3.05) is 26.2 Å². The fourth-order valence-corrected chi connectivity index (χ4v) is 3.27. The van der Waals surface area contributed by atoms with Crippen LogP contribution >= 0.6 is 11.6 Å². The van der Waals surface area contributed by atoms with Gasteiger partial charge in [-0.05, 0) is 29.8 Å². The van der Waals surface area contributed by atoms with E-state index in [0.717, 1.165) is 5.56 Å². The molecule has 1 saturated heterocycles. The molecule has 2 aromatic rings. The molecule has 0 spiro atoms. The number of hydrogen-bond donors (Lipinski definition) is 1. The minimum absolute atomic E-state index is 0.0216. The molecular formula is C19H20ClN3O2. The lowest BCUT2D eigenvalue weighted by molar-refractivity contribution is -0.124. The third-order valence-electron chi connectivity index (χ3n) is 4.44. The quantitative estimate of drug-likeness (QED) is 0.913. The molecule has 2 N–H and O–H groups in total. The zero-order valence-corrected chi connectivity index (χ0v) is 14.5. The SMILES string of the molecule is NC(=O)C(c1ccccc1)N1CCN(C(=O)c2ccc(Cl)cc2)CC1. The van der Waals surface area contributed by atoms with Crippen LogP contribution in [0.4, 0.5) is 0 Å². The van der Waals surface area contributed by atoms with E-state index < -0.39 is 6.04 Å². The van der Waals surface area contributed by atoms with Crippen LogP contribution in [0.5, 0.6) is 0 Å². The highest BCUT2D eigenvalue weighted by Crippen LogP contribution is 2.22. The van der Waals surface area contributed by atoms with Gasteiger partial charge in [-0.1, -0.05) is 41.9 Å². The second kappa shape index (κ2) is 7.68. The Hall–Kier alpha value is -2.37. The highest BCUT2D eigenvalue weighted by molar-refractivity contribution is 6.30. The summed E-state index contributed by atoms with van der Waals surface area (Å²) in [5, 5.41) is 0.605. The van der Waals surface area contributed by atoms with Crippen LogP contribution in [0.2, 0.25) is 5.02 Å². The van der Waals surface area contributed by atoms with Gasteiger partial charge in [-0.15, -0.1) is 0 Å². The first kappa shape index (κ1) is 17.5. The van der Waals surface area contributed by atoms with Crippen LogP contribution in [0.15, 0.2) is 54.6 Å². The van der Waals surface area contributed by atoms with Gasteiger partial charge in [-0.25, -0.2) is 0 Å². The molecule has 1 atom stereocenters. The molecule has 0 aromatic heterocycles. The standard InChI is InChI=1S/C19H20ClN3O2/c20-16-8-6-15(7-9-16)19(25)23-12-10-22(11-13-23)17(18(21)24)14-4-2-1-3-5-14/h1-9,17H,10-13H2,(H2,21,24). The molecule has 130 valence electrons. The average molecular weight is 358 g/mol. The molecule has 2 aromatic carbocycles. The molecular weight excluding hydrogens is 338 g/mol. The fourth-order valence-electron chi connectivity index (χ4n) is 3.15. The summed E-state index contributed by atoms with van der Waals surface area (Å²) in [6.45, 7) is 2.31. The Morgan fingerprint density at radius 1 is 0.920 bits per heavy atom. The van der Waals surface area contributed by atoms with Crippen molar-refractivity contribution >= 4 is 23.4 Å². The van der Waals surface area contributed by atoms with Crippen LogP contribution < -0.4 is 5.73 Å². The second-order valence-electron chi connectivity index (χ2n) is 6.05. The number of nitrogens with zero attached hydrogens (tertiary/aromatic N) is 2. The third-order valence-corrected chi connectivity index (χ3v) is 4.69. The lowest BCUT2D eigenvalue weighted by Gasteiger charge is -2.38. The van der Waals surface area contributed by atoms with Gasteiger partial charge >= 0.3 is 0 Å². The van der Waals surface area contributed by atoms with Gasteiger partial charge in [0.1, 0.15) is 6.04 Å². The molecule has 2 amide bonds. The summed E-state index contributed by atoms with van der Waals surface area (Å²) in [7, 11) is 0. The molecule has 3 rings (SSSR count). The predicted molar refractivity (Wildman–Crippen MR) is 97.3 cm³/mol. The molecule has 1 aliphatic rings. The Morgan fingerprint density at radius 3 is 2.08 bits per heavy atom. The summed E-state index contributed by atoms with van der Waals surface area (Å²) in [5.41, 5.74) is 7.13. The Balaban J connectivity index is 1.67. The van der Waals surface area contributed by atoms with E-state index in [1.807, 2.05) is 35.2 Å². The van der Waals surface area contributed by atoms with Crippen LogP contribution in [0.3, 0.4) is 0 Å². The van der Waals surface area contributed by atoms with Crippen LogP contribution in [0, 0.1) is 0 Å². The first-order valence-electron chi connectivity index (χ1n) is 8.19. The monoisotopic (exact) mass is 357 g/mol. The number of primary amides is 1. The van der Waals surface area contributed by atoms with E-state index >= 15 is 0 Å². The average Bonchev–Trinajstić information content (AvgIpc) is 2.63. The summed E-state index contributed by atoms with van der Waals surface area (Å²) in [5.74, 6) is -0.393. The van der Waals surface area contributed by atoms with E-state index in [1.54, 1.807) is 29.2 Å². The molecule has 1 fully saturated rings. The second-order valence-corrected chi connectivity index (χ2v) is 6.49. The van der Waals surface area contributed by atoms with Crippen molar-refractivity contribution in [2.45, 2.75) is 6.04 Å². The Morgan fingerprint density at radius 2 is 1.52 bits per heavy atom. The number of piperazine rings is 1. The number of amides is 2. The van der Waals surface area contributed by atoms with E-state index in [1.165, 1.54) is 0 Å². The van der Waals surface area contributed by atoms with Crippen LogP contribution in [0.1, 0.15) is 22.0 Å². The molecule has 25 heavy (non-hydrogen) atoms. The first-order chi connectivity index (χ1) is 12.1. The molecule has 0 saturated carbocycles. The van der Waals surface area contributed by atoms with Crippen molar-refractivity contribution in [3.8, 4) is 0 Å². The molecule has 6 heteroatoms. The maximum atomic E-state index is 12.6. The largest absolute Gasteiger partial charge is 0.368 e. The lowest BCUT2D eigenvalue weighted by atomic mass is 10.0. The van der Waals surface area contributed by atoms with Crippen molar-refractivity contribution in [2.24, 2.45) is 5.73 Å². The number of halogens is 1. The zero-order chi connectivity index (χ0) is 17.8. The highest BCUT2D eigenvalue weighted by atomic mass is 35.5. The number of benzene rings is 2. The highest BCUT2D eigenvalue weighted by Gasteiger charge is 2.30. The molecule has 0 aliphatic carbocycles. The molecule has 1 heterocycles. The molecule has 0 bridgehead atoms. The van der Waals surface area contributed by atoms with Gasteiger partial charge in [0.2, 0.25) is 5.91 Å². The summed E-state index contributed by atoms with van der Waals surface area (Å²) in [6, 6.07) is 15.9. The topological polar surface area (TPSA) is 66.6 Å². The van der Waals surface area contributed by atoms with Gasteiger partial charge in [0, 0.05) is 36.8 Å². The summed E-state index contributed by atoms with van der Waals surface area (Å²) >= 11 is 5.87. The van der Waals surface area contributed by atoms with Crippen LogP contribution in [-0.4, -0.2) is 47.8 Å². The number of rotatable bonds is 4. The van der Waals surface area contributed by atoms with Gasteiger partial charge in [0.05, 0.1) is 0 Å². The van der Waals surface area contributed by atoms with Gasteiger partial charge in [-0.3, -0.25) is 14.5 Å². The van der Waals surface area contributed by atoms with Crippen molar-refractivity contribution in [3.63, 3.8) is 0 Å². The minimum Gasteiger partial charge on any atom is -0.368 e. The smallest absolute Gasteiger partial charge is 0.253 e. The number of carbonyl (C=O) groups is 2. The van der Waals surface area contributed by atoms with Crippen molar-refractivity contribution in [1.29, 1.82) is 0 Å². The fraction of sp³-hybridized carbons (Fsp3) is 0.263. The number of hydrogen-bond acceptors (Lipinski definition) is 3. The van der Waals surface area contributed by atoms with Gasteiger partial charge in [0.25, 0.3) is 5.91 Å². The summed E-state index contributed by atoms with van der Waals surface area (Å²) < 4.78 is 0. The predicted octanol–water partition coefficient (Wildman–Crippen LogP) is 2.32. The Kier molecular flexibility index (Phi) is 5.36. The lowest BCUT2D eigenvalue weighted by Crippen LogP contribution is -2.51. The molecule has 0 radical (unpaired) electrons.